The summed E-state index contributed by atoms with van der Waals surface area (Å²) in [6.45, 7) is 1.01. The average molecular weight is 248 g/mol. The molecule has 1 aromatic carbocycles. The van der Waals surface area contributed by atoms with Crippen molar-refractivity contribution in [3.05, 3.63) is 29.8 Å². The Kier molecular flexibility index (Phi) is 3.82. The van der Waals surface area contributed by atoms with Crippen LogP contribution in [-0.4, -0.2) is 25.5 Å². The van der Waals surface area contributed by atoms with Crippen LogP contribution in [0.4, 0.5) is 0 Å². The highest BCUT2D eigenvalue weighted by Crippen LogP contribution is 2.12. The van der Waals surface area contributed by atoms with Gasteiger partial charge in [0.1, 0.15) is 11.7 Å². The van der Waals surface area contributed by atoms with E-state index in [1.807, 2.05) is 24.3 Å². The maximum atomic E-state index is 11.8. The first-order valence-corrected chi connectivity index (χ1v) is 5.89. The molecule has 0 saturated carbocycles. The number of hydrogen-bond acceptors (Lipinski definition) is 3. The Morgan fingerprint density at radius 1 is 1.44 bits per heavy atom. The molecule has 0 radical (unpaired) electrons. The number of carbonyl (C=O) groups is 2. The second-order valence-electron chi connectivity index (χ2n) is 4.20. The van der Waals surface area contributed by atoms with Crippen molar-refractivity contribution in [2.45, 2.75) is 13.0 Å². The molecule has 1 unspecified atom stereocenters. The van der Waals surface area contributed by atoms with E-state index in [2.05, 4.69) is 10.6 Å². The zero-order valence-corrected chi connectivity index (χ0v) is 10.2. The molecule has 1 aliphatic rings. The number of rotatable bonds is 4. The topological polar surface area (TPSA) is 67.4 Å². The van der Waals surface area contributed by atoms with Gasteiger partial charge in [0.2, 0.25) is 11.8 Å². The SMILES string of the molecule is COc1ccc(CNC(=O)C2CCNC2=O)cc1. The summed E-state index contributed by atoms with van der Waals surface area (Å²) in [7, 11) is 1.61. The van der Waals surface area contributed by atoms with Gasteiger partial charge in [-0.2, -0.15) is 0 Å². The molecule has 5 nitrogen and oxygen atoms in total. The molecular formula is C13H16N2O3. The molecule has 1 atom stereocenters. The van der Waals surface area contributed by atoms with Gasteiger partial charge >= 0.3 is 0 Å². The molecule has 2 amide bonds. The van der Waals surface area contributed by atoms with E-state index in [1.165, 1.54) is 0 Å². The monoisotopic (exact) mass is 248 g/mol. The highest BCUT2D eigenvalue weighted by molar-refractivity contribution is 6.01. The number of benzene rings is 1. The molecule has 0 aliphatic carbocycles. The number of nitrogens with one attached hydrogen (secondary N) is 2. The molecule has 1 aromatic rings. The number of carbonyl (C=O) groups excluding carboxylic acids is 2. The summed E-state index contributed by atoms with van der Waals surface area (Å²) >= 11 is 0. The fourth-order valence-corrected chi connectivity index (χ4v) is 1.90. The van der Waals surface area contributed by atoms with E-state index >= 15 is 0 Å². The smallest absolute Gasteiger partial charge is 0.232 e. The van der Waals surface area contributed by atoms with Crippen molar-refractivity contribution in [3.8, 4) is 5.75 Å². The predicted molar refractivity (Wildman–Crippen MR) is 66.0 cm³/mol. The summed E-state index contributed by atoms with van der Waals surface area (Å²) in [5.74, 6) is -0.147. The van der Waals surface area contributed by atoms with Gasteiger partial charge in [0.25, 0.3) is 0 Å². The third-order valence-electron chi connectivity index (χ3n) is 2.99. The molecule has 2 rings (SSSR count). The average Bonchev–Trinajstić information content (AvgIpc) is 2.83. The third kappa shape index (κ3) is 2.80. The van der Waals surface area contributed by atoms with Gasteiger partial charge < -0.3 is 15.4 Å². The molecule has 1 heterocycles. The Morgan fingerprint density at radius 2 is 2.17 bits per heavy atom. The van der Waals surface area contributed by atoms with Crippen molar-refractivity contribution in [2.75, 3.05) is 13.7 Å². The summed E-state index contributed by atoms with van der Waals surface area (Å²) in [5, 5.41) is 5.42. The van der Waals surface area contributed by atoms with Crippen molar-refractivity contribution in [1.82, 2.24) is 10.6 Å². The van der Waals surface area contributed by atoms with E-state index in [0.29, 0.717) is 19.5 Å². The maximum Gasteiger partial charge on any atom is 0.232 e. The molecule has 18 heavy (non-hydrogen) atoms. The number of methoxy groups -OCH3 is 1. The summed E-state index contributed by atoms with van der Waals surface area (Å²) in [6, 6.07) is 7.44. The van der Waals surface area contributed by atoms with Crippen molar-refractivity contribution in [1.29, 1.82) is 0 Å². The molecule has 1 aliphatic heterocycles. The highest BCUT2D eigenvalue weighted by Gasteiger charge is 2.30. The lowest BCUT2D eigenvalue weighted by Gasteiger charge is -2.09. The van der Waals surface area contributed by atoms with Crippen LogP contribution in [-0.2, 0) is 16.1 Å². The zero-order chi connectivity index (χ0) is 13.0. The highest BCUT2D eigenvalue weighted by atomic mass is 16.5. The Morgan fingerprint density at radius 3 is 2.72 bits per heavy atom. The maximum absolute atomic E-state index is 11.8. The van der Waals surface area contributed by atoms with Crippen LogP contribution >= 0.6 is 0 Å². The van der Waals surface area contributed by atoms with Gasteiger partial charge in [0, 0.05) is 13.1 Å². The van der Waals surface area contributed by atoms with Crippen molar-refractivity contribution in [3.63, 3.8) is 0 Å². The summed E-state index contributed by atoms with van der Waals surface area (Å²) in [6.07, 6.45) is 0.577. The zero-order valence-electron chi connectivity index (χ0n) is 10.2. The Bertz CT molecular complexity index is 442. The Balaban J connectivity index is 1.86. The first-order chi connectivity index (χ1) is 8.70. The molecule has 0 spiro atoms. The molecule has 2 N–H and O–H groups in total. The van der Waals surface area contributed by atoms with Crippen LogP contribution < -0.4 is 15.4 Å². The van der Waals surface area contributed by atoms with Gasteiger partial charge in [-0.25, -0.2) is 0 Å². The fraction of sp³-hybridized carbons (Fsp3) is 0.385. The summed E-state index contributed by atoms with van der Waals surface area (Å²) < 4.78 is 5.05. The van der Waals surface area contributed by atoms with Gasteiger partial charge in [-0.05, 0) is 24.1 Å². The molecular weight excluding hydrogens is 232 g/mol. The van der Waals surface area contributed by atoms with Crippen molar-refractivity contribution >= 4 is 11.8 Å². The van der Waals surface area contributed by atoms with Crippen LogP contribution in [0.25, 0.3) is 0 Å². The van der Waals surface area contributed by atoms with E-state index in [4.69, 9.17) is 4.74 Å². The lowest BCUT2D eigenvalue weighted by atomic mass is 10.1. The van der Waals surface area contributed by atoms with Crippen LogP contribution in [0.3, 0.4) is 0 Å². The molecule has 5 heteroatoms. The van der Waals surface area contributed by atoms with E-state index in [1.54, 1.807) is 7.11 Å². The van der Waals surface area contributed by atoms with Crippen LogP contribution in [0.5, 0.6) is 5.75 Å². The fourth-order valence-electron chi connectivity index (χ4n) is 1.90. The summed E-state index contributed by atoms with van der Waals surface area (Å²) in [5.41, 5.74) is 0.975. The number of amides is 2. The lowest BCUT2D eigenvalue weighted by molar-refractivity contribution is -0.133. The predicted octanol–water partition coefficient (Wildman–Crippen LogP) is 0.447. The molecule has 0 bridgehead atoms. The molecule has 96 valence electrons. The second-order valence-corrected chi connectivity index (χ2v) is 4.20. The van der Waals surface area contributed by atoms with Gasteiger partial charge in [0.15, 0.2) is 0 Å². The van der Waals surface area contributed by atoms with Crippen molar-refractivity contribution < 1.29 is 14.3 Å². The quantitative estimate of drug-likeness (QED) is 0.760. The standard InChI is InChI=1S/C13H16N2O3/c1-18-10-4-2-9(3-5-10)8-15-13(17)11-6-7-14-12(11)16/h2-5,11H,6-8H2,1H3,(H,14,16)(H,15,17). The van der Waals surface area contributed by atoms with Gasteiger partial charge in [0.05, 0.1) is 7.11 Å². The minimum atomic E-state index is -0.539. The van der Waals surface area contributed by atoms with E-state index < -0.39 is 5.92 Å². The van der Waals surface area contributed by atoms with Gasteiger partial charge in [-0.3, -0.25) is 9.59 Å². The molecule has 1 saturated heterocycles. The van der Waals surface area contributed by atoms with Gasteiger partial charge in [-0.15, -0.1) is 0 Å². The van der Waals surface area contributed by atoms with Crippen LogP contribution in [0.15, 0.2) is 24.3 Å². The third-order valence-corrected chi connectivity index (χ3v) is 2.99. The number of hydrogen-bond donors (Lipinski definition) is 2. The van der Waals surface area contributed by atoms with Crippen LogP contribution in [0.1, 0.15) is 12.0 Å². The van der Waals surface area contributed by atoms with E-state index in [0.717, 1.165) is 11.3 Å². The van der Waals surface area contributed by atoms with E-state index in [-0.39, 0.29) is 11.8 Å². The van der Waals surface area contributed by atoms with Gasteiger partial charge in [-0.1, -0.05) is 12.1 Å². The molecule has 0 aromatic heterocycles. The Hall–Kier alpha value is -2.04. The van der Waals surface area contributed by atoms with E-state index in [9.17, 15) is 9.59 Å². The second kappa shape index (κ2) is 5.53. The first kappa shape index (κ1) is 12.4. The minimum Gasteiger partial charge on any atom is -0.497 e. The lowest BCUT2D eigenvalue weighted by Crippen LogP contribution is -2.34. The molecule has 1 fully saturated rings. The minimum absolute atomic E-state index is 0.178. The van der Waals surface area contributed by atoms with Crippen LogP contribution in [0.2, 0.25) is 0 Å². The Labute approximate surface area is 106 Å². The number of ether oxygens (including phenoxy) is 1. The largest absolute Gasteiger partial charge is 0.497 e. The first-order valence-electron chi connectivity index (χ1n) is 5.89. The van der Waals surface area contributed by atoms with Crippen molar-refractivity contribution in [2.24, 2.45) is 5.92 Å². The normalized spacial score (nSPS) is 18.3. The summed E-state index contributed by atoms with van der Waals surface area (Å²) in [4.78, 5) is 23.1. The van der Waals surface area contributed by atoms with Crippen LogP contribution in [0, 0.1) is 5.92 Å².